The van der Waals surface area contributed by atoms with Gasteiger partial charge in [0.05, 0.1) is 26.1 Å². The molecule has 2 aromatic carbocycles. The molecule has 0 bridgehead atoms. The third kappa shape index (κ3) is 4.25. The maximum absolute atomic E-state index is 12.3. The van der Waals surface area contributed by atoms with Crippen LogP contribution in [0.5, 0.6) is 0 Å². The van der Waals surface area contributed by atoms with Crippen molar-refractivity contribution in [1.29, 1.82) is 0 Å². The highest BCUT2D eigenvalue weighted by atomic mass is 35.5. The molecule has 1 saturated heterocycles. The summed E-state index contributed by atoms with van der Waals surface area (Å²) >= 11 is 13.1. The van der Waals surface area contributed by atoms with Crippen molar-refractivity contribution in [1.82, 2.24) is 5.32 Å². The monoisotopic (exact) mass is 459 g/mol. The van der Waals surface area contributed by atoms with Gasteiger partial charge in [0.2, 0.25) is 0 Å². The van der Waals surface area contributed by atoms with E-state index >= 15 is 0 Å². The van der Waals surface area contributed by atoms with E-state index in [1.807, 2.05) is 0 Å². The van der Waals surface area contributed by atoms with Crippen LogP contribution in [0, 0.1) is 10.1 Å². The minimum absolute atomic E-state index is 0.0618. The molecule has 0 aliphatic carbocycles. The van der Waals surface area contributed by atoms with Gasteiger partial charge in [-0.25, -0.2) is 4.99 Å². The van der Waals surface area contributed by atoms with Gasteiger partial charge in [-0.15, -0.1) is 0 Å². The number of nitrogens with zero attached hydrogens (tertiary/aromatic N) is 2. The van der Waals surface area contributed by atoms with Crippen LogP contribution in [0.25, 0.3) is 17.4 Å². The normalized spacial score (nSPS) is 16.3. The van der Waals surface area contributed by atoms with Gasteiger partial charge in [0, 0.05) is 17.2 Å². The van der Waals surface area contributed by atoms with Gasteiger partial charge in [-0.1, -0.05) is 35.3 Å². The zero-order valence-electron chi connectivity index (χ0n) is 15.0. The number of carbonyl (C=O) groups is 1. The second kappa shape index (κ2) is 8.35. The first kappa shape index (κ1) is 20.2. The average Bonchev–Trinajstić information content (AvgIpc) is 3.31. The first-order valence-corrected chi connectivity index (χ1v) is 10.1. The summed E-state index contributed by atoms with van der Waals surface area (Å²) in [6, 6.07) is 14.4. The van der Waals surface area contributed by atoms with Crippen molar-refractivity contribution in [2.24, 2.45) is 4.99 Å². The van der Waals surface area contributed by atoms with Gasteiger partial charge in [0.25, 0.3) is 11.6 Å². The number of rotatable bonds is 4. The Bertz CT molecular complexity index is 1240. The highest BCUT2D eigenvalue weighted by Crippen LogP contribution is 2.34. The van der Waals surface area contributed by atoms with Gasteiger partial charge < -0.3 is 9.73 Å². The molecule has 0 saturated carbocycles. The minimum atomic E-state index is -0.471. The fourth-order valence-electron chi connectivity index (χ4n) is 2.71. The lowest BCUT2D eigenvalue weighted by Gasteiger charge is -1.99. The molecule has 4 rings (SSSR count). The summed E-state index contributed by atoms with van der Waals surface area (Å²) in [5.74, 6) is 0.374. The fraction of sp³-hybridized carbons (Fsp3) is 0. The van der Waals surface area contributed by atoms with Crippen molar-refractivity contribution in [3.05, 3.63) is 85.4 Å². The molecule has 10 heteroatoms. The van der Waals surface area contributed by atoms with E-state index in [4.69, 9.17) is 27.6 Å². The number of amidine groups is 1. The first-order chi connectivity index (χ1) is 14.4. The average molecular weight is 460 g/mol. The Balaban J connectivity index is 1.59. The SMILES string of the molecule is O=C1NC(=Nc2ccc(Cl)cc2Cl)SC1=Cc1ccc(-c2ccccc2[N+](=O)[O-])o1. The lowest BCUT2D eigenvalue weighted by Crippen LogP contribution is -2.19. The number of nitrogens with one attached hydrogen (secondary N) is 1. The molecular formula is C20H11Cl2N3O4S. The molecule has 3 aromatic rings. The second-order valence-electron chi connectivity index (χ2n) is 6.05. The van der Waals surface area contributed by atoms with Gasteiger partial charge in [-0.05, 0) is 48.2 Å². The molecule has 0 unspecified atom stereocenters. The van der Waals surface area contributed by atoms with E-state index in [1.54, 1.807) is 54.6 Å². The highest BCUT2D eigenvalue weighted by Gasteiger charge is 2.25. The molecule has 0 radical (unpaired) electrons. The lowest BCUT2D eigenvalue weighted by molar-refractivity contribution is -0.384. The zero-order chi connectivity index (χ0) is 21.3. The Morgan fingerprint density at radius 3 is 2.70 bits per heavy atom. The minimum Gasteiger partial charge on any atom is -0.456 e. The Morgan fingerprint density at radius 2 is 1.93 bits per heavy atom. The van der Waals surface area contributed by atoms with Crippen molar-refractivity contribution in [2.45, 2.75) is 0 Å². The predicted octanol–water partition coefficient (Wildman–Crippen LogP) is 6.05. The van der Waals surface area contributed by atoms with Gasteiger partial charge in [0.15, 0.2) is 5.17 Å². The van der Waals surface area contributed by atoms with Gasteiger partial charge in [0.1, 0.15) is 11.5 Å². The number of carbonyl (C=O) groups excluding carboxylic acids is 1. The number of aliphatic imine (C=N–C) groups is 1. The van der Waals surface area contributed by atoms with Gasteiger partial charge >= 0.3 is 0 Å². The number of halogens is 2. The van der Waals surface area contributed by atoms with E-state index in [-0.39, 0.29) is 11.6 Å². The molecule has 0 atom stereocenters. The number of hydrogen-bond donors (Lipinski definition) is 1. The topological polar surface area (TPSA) is 97.7 Å². The molecule has 2 heterocycles. The molecule has 1 aliphatic rings. The Kier molecular flexibility index (Phi) is 5.63. The second-order valence-corrected chi connectivity index (χ2v) is 7.93. The van der Waals surface area contributed by atoms with Crippen LogP contribution >= 0.6 is 35.0 Å². The molecular weight excluding hydrogens is 449 g/mol. The van der Waals surface area contributed by atoms with Crippen LogP contribution in [0.2, 0.25) is 10.0 Å². The summed E-state index contributed by atoms with van der Waals surface area (Å²) in [5.41, 5.74) is 0.769. The first-order valence-electron chi connectivity index (χ1n) is 8.49. The Hall–Kier alpha value is -3.07. The lowest BCUT2D eigenvalue weighted by atomic mass is 10.1. The molecule has 1 aromatic heterocycles. The van der Waals surface area contributed by atoms with E-state index in [0.717, 1.165) is 11.8 Å². The number of furan rings is 1. The molecule has 30 heavy (non-hydrogen) atoms. The van der Waals surface area contributed by atoms with Crippen molar-refractivity contribution in [3.63, 3.8) is 0 Å². The van der Waals surface area contributed by atoms with Crippen LogP contribution in [-0.2, 0) is 4.79 Å². The smallest absolute Gasteiger partial charge is 0.280 e. The summed E-state index contributed by atoms with van der Waals surface area (Å²) in [5, 5.41) is 15.1. The molecule has 0 spiro atoms. The summed E-state index contributed by atoms with van der Waals surface area (Å²) < 4.78 is 5.71. The van der Waals surface area contributed by atoms with E-state index in [0.29, 0.717) is 42.9 Å². The van der Waals surface area contributed by atoms with Crippen molar-refractivity contribution < 1.29 is 14.1 Å². The summed E-state index contributed by atoms with van der Waals surface area (Å²) in [7, 11) is 0. The fourth-order valence-corrected chi connectivity index (χ4v) is 3.97. The van der Waals surface area contributed by atoms with Crippen molar-refractivity contribution in [3.8, 4) is 11.3 Å². The third-order valence-corrected chi connectivity index (χ3v) is 5.50. The summed E-state index contributed by atoms with van der Waals surface area (Å²) in [6.45, 7) is 0. The number of hydrogen-bond acceptors (Lipinski definition) is 6. The Morgan fingerprint density at radius 1 is 1.13 bits per heavy atom. The number of nitro benzene ring substituents is 1. The highest BCUT2D eigenvalue weighted by molar-refractivity contribution is 8.18. The van der Waals surface area contributed by atoms with Crippen LogP contribution in [0.15, 0.2) is 68.9 Å². The van der Waals surface area contributed by atoms with Gasteiger partial charge in [-0.3, -0.25) is 14.9 Å². The number of nitro groups is 1. The molecule has 7 nitrogen and oxygen atoms in total. The van der Waals surface area contributed by atoms with Gasteiger partial charge in [-0.2, -0.15) is 0 Å². The molecule has 1 fully saturated rings. The zero-order valence-corrected chi connectivity index (χ0v) is 17.3. The van der Waals surface area contributed by atoms with Crippen LogP contribution in [-0.4, -0.2) is 16.0 Å². The van der Waals surface area contributed by atoms with Crippen LogP contribution in [0.3, 0.4) is 0 Å². The maximum Gasteiger partial charge on any atom is 0.280 e. The van der Waals surface area contributed by atoms with Crippen LogP contribution in [0.4, 0.5) is 11.4 Å². The molecule has 1 N–H and O–H groups in total. The van der Waals surface area contributed by atoms with Crippen molar-refractivity contribution >= 4 is 63.5 Å². The van der Waals surface area contributed by atoms with E-state index in [2.05, 4.69) is 10.3 Å². The van der Waals surface area contributed by atoms with E-state index < -0.39 is 4.92 Å². The summed E-state index contributed by atoms with van der Waals surface area (Å²) in [4.78, 5) is 27.7. The predicted molar refractivity (Wildman–Crippen MR) is 118 cm³/mol. The molecule has 1 amide bonds. The van der Waals surface area contributed by atoms with Crippen LogP contribution < -0.4 is 5.32 Å². The number of benzene rings is 2. The van der Waals surface area contributed by atoms with Crippen molar-refractivity contribution in [2.75, 3.05) is 0 Å². The van der Waals surface area contributed by atoms with E-state index in [1.165, 1.54) is 6.07 Å². The standard InChI is InChI=1S/C20H11Cl2N3O4S/c21-11-5-7-15(14(22)9-11)23-20-24-19(26)18(30-20)10-12-6-8-17(29-12)13-3-1-2-4-16(13)25(27)28/h1-10H,(H,23,24,26). The molecule has 1 aliphatic heterocycles. The quantitative estimate of drug-likeness (QED) is 0.290. The maximum atomic E-state index is 12.3. The largest absolute Gasteiger partial charge is 0.456 e. The third-order valence-electron chi connectivity index (χ3n) is 4.05. The van der Waals surface area contributed by atoms with Crippen LogP contribution in [0.1, 0.15) is 5.76 Å². The number of thioether (sulfide) groups is 1. The Labute approximate surface area is 184 Å². The number of amides is 1. The molecule has 150 valence electrons. The number of para-hydroxylation sites is 1. The summed E-state index contributed by atoms with van der Waals surface area (Å²) in [6.07, 6.45) is 1.55. The van der Waals surface area contributed by atoms with E-state index in [9.17, 15) is 14.9 Å².